The van der Waals surface area contributed by atoms with Crippen LogP contribution in [0.15, 0.2) is 10.9 Å². The van der Waals surface area contributed by atoms with Crippen molar-refractivity contribution in [3.63, 3.8) is 0 Å². The molecule has 1 unspecified atom stereocenters. The predicted octanol–water partition coefficient (Wildman–Crippen LogP) is 0.597. The molecule has 14 heavy (non-hydrogen) atoms. The second-order valence-electron chi connectivity index (χ2n) is 3.56. The van der Waals surface area contributed by atoms with E-state index in [1.54, 1.807) is 4.57 Å². The highest BCUT2D eigenvalue weighted by Crippen LogP contribution is 1.96. The Morgan fingerprint density at radius 3 is 2.71 bits per heavy atom. The summed E-state index contributed by atoms with van der Waals surface area (Å²) in [4.78, 5) is 15.8. The van der Waals surface area contributed by atoms with Crippen molar-refractivity contribution >= 4 is 0 Å². The Morgan fingerprint density at radius 1 is 1.57 bits per heavy atom. The van der Waals surface area contributed by atoms with Crippen LogP contribution in [-0.4, -0.2) is 15.6 Å². The summed E-state index contributed by atoms with van der Waals surface area (Å²) in [6.45, 7) is 6.20. The molecule has 2 N–H and O–H groups in total. The average molecular weight is 195 g/mol. The van der Waals surface area contributed by atoms with Gasteiger partial charge in [-0.1, -0.05) is 6.92 Å². The van der Waals surface area contributed by atoms with Gasteiger partial charge in [-0.05, 0) is 20.3 Å². The van der Waals surface area contributed by atoms with Crippen molar-refractivity contribution in [2.45, 2.75) is 39.8 Å². The maximum Gasteiger partial charge on any atom is 0.253 e. The number of hydrogen-bond donors (Lipinski definition) is 1. The van der Waals surface area contributed by atoms with E-state index in [9.17, 15) is 4.79 Å². The van der Waals surface area contributed by atoms with Crippen molar-refractivity contribution in [3.05, 3.63) is 27.9 Å². The third-order valence-corrected chi connectivity index (χ3v) is 2.27. The van der Waals surface area contributed by atoms with Gasteiger partial charge in [-0.15, -0.1) is 0 Å². The molecule has 0 saturated carbocycles. The zero-order chi connectivity index (χ0) is 10.7. The van der Waals surface area contributed by atoms with E-state index in [0.717, 1.165) is 17.9 Å². The fourth-order valence-electron chi connectivity index (χ4n) is 1.35. The number of hydrogen-bond acceptors (Lipinski definition) is 3. The van der Waals surface area contributed by atoms with Crippen molar-refractivity contribution in [2.24, 2.45) is 5.73 Å². The molecule has 0 aromatic carbocycles. The third-order valence-electron chi connectivity index (χ3n) is 2.27. The normalized spacial score (nSPS) is 12.9. The molecule has 0 radical (unpaired) electrons. The van der Waals surface area contributed by atoms with Gasteiger partial charge < -0.3 is 5.73 Å². The Morgan fingerprint density at radius 2 is 2.21 bits per heavy atom. The lowest BCUT2D eigenvalue weighted by Gasteiger charge is -2.13. The zero-order valence-corrected chi connectivity index (χ0v) is 8.95. The summed E-state index contributed by atoms with van der Waals surface area (Å²) in [5.74, 6) is 0.735. The summed E-state index contributed by atoms with van der Waals surface area (Å²) in [6, 6.07) is 1.56. The van der Waals surface area contributed by atoms with Gasteiger partial charge in [-0.25, -0.2) is 4.98 Å². The zero-order valence-electron chi connectivity index (χ0n) is 8.95. The van der Waals surface area contributed by atoms with E-state index >= 15 is 0 Å². The quantitative estimate of drug-likeness (QED) is 0.768. The summed E-state index contributed by atoms with van der Waals surface area (Å²) in [5.41, 5.74) is 6.54. The topological polar surface area (TPSA) is 60.9 Å². The van der Waals surface area contributed by atoms with Gasteiger partial charge >= 0.3 is 0 Å². The van der Waals surface area contributed by atoms with Crippen LogP contribution < -0.4 is 11.3 Å². The van der Waals surface area contributed by atoms with Crippen LogP contribution in [0, 0.1) is 13.8 Å². The van der Waals surface area contributed by atoms with E-state index < -0.39 is 0 Å². The lowest BCUT2D eigenvalue weighted by molar-refractivity contribution is 0.510. The van der Waals surface area contributed by atoms with E-state index in [1.165, 1.54) is 6.07 Å². The summed E-state index contributed by atoms with van der Waals surface area (Å²) in [5, 5.41) is 0. The monoisotopic (exact) mass is 195 g/mol. The lowest BCUT2D eigenvalue weighted by Crippen LogP contribution is -2.33. The van der Waals surface area contributed by atoms with Crippen LogP contribution in [0.2, 0.25) is 0 Å². The minimum atomic E-state index is -0.0149. The van der Waals surface area contributed by atoms with Gasteiger partial charge in [0.1, 0.15) is 5.82 Å². The van der Waals surface area contributed by atoms with Gasteiger partial charge in [0.05, 0.1) is 0 Å². The standard InChI is InChI=1S/C10H17N3O/c1-4-9(11)6-13-8(3)12-7(2)5-10(13)14/h5,9H,4,6,11H2,1-3H3. The molecule has 0 saturated heterocycles. The van der Waals surface area contributed by atoms with Crippen LogP contribution in [0.1, 0.15) is 24.9 Å². The summed E-state index contributed by atoms with van der Waals surface area (Å²) < 4.78 is 1.63. The van der Waals surface area contributed by atoms with Crippen LogP contribution in [0.4, 0.5) is 0 Å². The van der Waals surface area contributed by atoms with Gasteiger partial charge in [0.25, 0.3) is 5.56 Å². The molecule has 0 aliphatic rings. The average Bonchev–Trinajstić information content (AvgIpc) is 2.10. The Hall–Kier alpha value is -1.16. The van der Waals surface area contributed by atoms with E-state index in [-0.39, 0.29) is 11.6 Å². The van der Waals surface area contributed by atoms with E-state index in [2.05, 4.69) is 4.98 Å². The van der Waals surface area contributed by atoms with Crippen LogP contribution in [0.3, 0.4) is 0 Å². The largest absolute Gasteiger partial charge is 0.326 e. The highest BCUT2D eigenvalue weighted by molar-refractivity contribution is 5.01. The van der Waals surface area contributed by atoms with Crippen molar-refractivity contribution < 1.29 is 0 Å². The Kier molecular flexibility index (Phi) is 3.41. The Bertz CT molecular complexity index is 370. The summed E-state index contributed by atoms with van der Waals surface area (Å²) >= 11 is 0. The van der Waals surface area contributed by atoms with E-state index in [4.69, 9.17) is 5.73 Å². The molecular formula is C10H17N3O. The van der Waals surface area contributed by atoms with E-state index in [0.29, 0.717) is 6.54 Å². The molecule has 4 heteroatoms. The molecule has 1 rings (SSSR count). The van der Waals surface area contributed by atoms with Crippen molar-refractivity contribution in [1.82, 2.24) is 9.55 Å². The second kappa shape index (κ2) is 4.37. The highest BCUT2D eigenvalue weighted by atomic mass is 16.1. The fraction of sp³-hybridized carbons (Fsp3) is 0.600. The fourth-order valence-corrected chi connectivity index (χ4v) is 1.35. The maximum atomic E-state index is 11.6. The van der Waals surface area contributed by atoms with Crippen LogP contribution in [0.25, 0.3) is 0 Å². The number of aryl methyl sites for hydroxylation is 2. The minimum Gasteiger partial charge on any atom is -0.326 e. The molecule has 0 spiro atoms. The first-order valence-electron chi connectivity index (χ1n) is 4.85. The first kappa shape index (κ1) is 10.9. The van der Waals surface area contributed by atoms with Gasteiger partial charge in [-0.2, -0.15) is 0 Å². The van der Waals surface area contributed by atoms with Crippen LogP contribution >= 0.6 is 0 Å². The summed E-state index contributed by atoms with van der Waals surface area (Å²) in [7, 11) is 0. The molecular weight excluding hydrogens is 178 g/mol. The third kappa shape index (κ3) is 2.42. The first-order chi connectivity index (χ1) is 6.54. The molecule has 4 nitrogen and oxygen atoms in total. The Balaban J connectivity index is 3.03. The molecule has 1 aromatic heterocycles. The van der Waals surface area contributed by atoms with Crippen LogP contribution in [-0.2, 0) is 6.54 Å². The molecule has 1 atom stereocenters. The van der Waals surface area contributed by atoms with Gasteiger partial charge in [0, 0.05) is 24.3 Å². The van der Waals surface area contributed by atoms with Gasteiger partial charge in [0.2, 0.25) is 0 Å². The molecule has 1 aromatic rings. The second-order valence-corrected chi connectivity index (χ2v) is 3.56. The van der Waals surface area contributed by atoms with Crippen molar-refractivity contribution in [3.8, 4) is 0 Å². The Labute approximate surface area is 83.8 Å². The molecule has 0 aliphatic carbocycles. The van der Waals surface area contributed by atoms with Crippen LogP contribution in [0.5, 0.6) is 0 Å². The smallest absolute Gasteiger partial charge is 0.253 e. The van der Waals surface area contributed by atoms with E-state index in [1.807, 2.05) is 20.8 Å². The summed E-state index contributed by atoms with van der Waals surface area (Å²) in [6.07, 6.45) is 0.861. The highest BCUT2D eigenvalue weighted by Gasteiger charge is 2.06. The SMILES string of the molecule is CCC(N)Cn1c(C)nc(C)cc1=O. The van der Waals surface area contributed by atoms with Crippen molar-refractivity contribution in [2.75, 3.05) is 0 Å². The molecule has 0 bridgehead atoms. The molecule has 0 fully saturated rings. The molecule has 1 heterocycles. The minimum absolute atomic E-state index is 0.0149. The molecule has 0 amide bonds. The number of aromatic nitrogens is 2. The predicted molar refractivity (Wildman–Crippen MR) is 56.2 cm³/mol. The molecule has 78 valence electrons. The first-order valence-corrected chi connectivity index (χ1v) is 4.85. The number of nitrogens with zero attached hydrogens (tertiary/aromatic N) is 2. The molecule has 0 aliphatic heterocycles. The number of nitrogens with two attached hydrogens (primary N) is 1. The number of rotatable bonds is 3. The van der Waals surface area contributed by atoms with Gasteiger partial charge in [-0.3, -0.25) is 9.36 Å². The van der Waals surface area contributed by atoms with Crippen molar-refractivity contribution in [1.29, 1.82) is 0 Å². The van der Waals surface area contributed by atoms with Gasteiger partial charge in [0.15, 0.2) is 0 Å². The lowest BCUT2D eigenvalue weighted by atomic mass is 10.2. The maximum absolute atomic E-state index is 11.6.